The summed E-state index contributed by atoms with van der Waals surface area (Å²) in [7, 11) is 0. The van der Waals surface area contributed by atoms with E-state index in [0.717, 1.165) is 11.0 Å². The maximum atomic E-state index is 13.9. The zero-order chi connectivity index (χ0) is 21.4. The van der Waals surface area contributed by atoms with Crippen LogP contribution in [0.3, 0.4) is 0 Å². The summed E-state index contributed by atoms with van der Waals surface area (Å²) < 4.78 is 13.9. The summed E-state index contributed by atoms with van der Waals surface area (Å²) in [6, 6.07) is 16.3. The van der Waals surface area contributed by atoms with Crippen LogP contribution in [0.2, 0.25) is 5.02 Å². The number of phenolic OH excluding ortho intramolecular Hbond substituents is 1. The number of rotatable bonds is 3. The minimum Gasteiger partial charge on any atom is -0.508 e. The van der Waals surface area contributed by atoms with Crippen LogP contribution in [0.15, 0.2) is 78.4 Å². The fourth-order valence-corrected chi connectivity index (χ4v) is 3.62. The molecule has 4 rings (SSSR count). The summed E-state index contributed by atoms with van der Waals surface area (Å²) in [6.45, 7) is 0. The van der Waals surface area contributed by atoms with Crippen LogP contribution >= 0.6 is 11.6 Å². The SMILES string of the molecule is O=C1C(=O)N(c2cccc(F)c2)C(c2cccc(O)c2)/C1=C(\O)c1ccc(Cl)cc1. The Balaban J connectivity index is 1.96. The van der Waals surface area contributed by atoms with E-state index >= 15 is 0 Å². The van der Waals surface area contributed by atoms with E-state index in [0.29, 0.717) is 16.1 Å². The lowest BCUT2D eigenvalue weighted by Crippen LogP contribution is -2.29. The van der Waals surface area contributed by atoms with Crippen LogP contribution in [0.25, 0.3) is 5.76 Å². The van der Waals surface area contributed by atoms with Gasteiger partial charge in [0.2, 0.25) is 0 Å². The van der Waals surface area contributed by atoms with Crippen molar-refractivity contribution in [3.63, 3.8) is 0 Å². The second-order valence-corrected chi connectivity index (χ2v) is 7.19. The van der Waals surface area contributed by atoms with Crippen molar-refractivity contribution in [3.8, 4) is 5.75 Å². The molecule has 2 N–H and O–H groups in total. The van der Waals surface area contributed by atoms with Crippen LogP contribution in [0.4, 0.5) is 10.1 Å². The minimum absolute atomic E-state index is 0.0798. The number of amides is 1. The predicted molar refractivity (Wildman–Crippen MR) is 111 cm³/mol. The Morgan fingerprint density at radius 3 is 2.33 bits per heavy atom. The van der Waals surface area contributed by atoms with Crippen molar-refractivity contribution in [3.05, 3.63) is 100 Å². The molecular weight excluding hydrogens is 409 g/mol. The first-order chi connectivity index (χ1) is 14.4. The molecule has 0 spiro atoms. The number of benzene rings is 3. The fourth-order valence-electron chi connectivity index (χ4n) is 3.50. The number of carbonyl (C=O) groups excluding carboxylic acids is 2. The van der Waals surface area contributed by atoms with Crippen molar-refractivity contribution in [2.45, 2.75) is 6.04 Å². The van der Waals surface area contributed by atoms with E-state index < -0.39 is 29.3 Å². The third kappa shape index (κ3) is 3.42. The highest BCUT2D eigenvalue weighted by Crippen LogP contribution is 2.42. The number of aliphatic hydroxyl groups excluding tert-OH is 1. The number of halogens is 2. The molecule has 1 aliphatic heterocycles. The maximum Gasteiger partial charge on any atom is 0.300 e. The minimum atomic E-state index is -1.06. The number of carbonyl (C=O) groups is 2. The number of anilines is 1. The van der Waals surface area contributed by atoms with E-state index in [1.165, 1.54) is 42.5 Å². The Morgan fingerprint density at radius 2 is 1.67 bits per heavy atom. The Bertz CT molecular complexity index is 1190. The monoisotopic (exact) mass is 423 g/mol. The van der Waals surface area contributed by atoms with Crippen LogP contribution in [0, 0.1) is 5.82 Å². The van der Waals surface area contributed by atoms with Gasteiger partial charge in [-0.15, -0.1) is 0 Å². The zero-order valence-electron chi connectivity index (χ0n) is 15.4. The van der Waals surface area contributed by atoms with E-state index in [1.807, 2.05) is 0 Å². The molecule has 3 aromatic carbocycles. The van der Waals surface area contributed by atoms with Gasteiger partial charge in [-0.2, -0.15) is 0 Å². The molecule has 3 aromatic rings. The molecule has 1 saturated heterocycles. The molecule has 0 aliphatic carbocycles. The highest BCUT2D eigenvalue weighted by atomic mass is 35.5. The van der Waals surface area contributed by atoms with Gasteiger partial charge in [0.25, 0.3) is 11.7 Å². The van der Waals surface area contributed by atoms with Gasteiger partial charge in [-0.3, -0.25) is 14.5 Å². The van der Waals surface area contributed by atoms with E-state index in [-0.39, 0.29) is 17.0 Å². The molecule has 0 radical (unpaired) electrons. The summed E-state index contributed by atoms with van der Waals surface area (Å²) in [6.07, 6.45) is 0. The molecular formula is C23H15ClFNO4. The highest BCUT2D eigenvalue weighted by molar-refractivity contribution is 6.51. The topological polar surface area (TPSA) is 77.8 Å². The summed E-state index contributed by atoms with van der Waals surface area (Å²) in [5, 5.41) is 21.3. The lowest BCUT2D eigenvalue weighted by molar-refractivity contribution is -0.132. The molecule has 150 valence electrons. The number of phenols is 1. The van der Waals surface area contributed by atoms with Gasteiger partial charge in [0, 0.05) is 16.3 Å². The number of ketones is 1. The largest absolute Gasteiger partial charge is 0.508 e. The second kappa shape index (κ2) is 7.65. The number of Topliss-reactive ketones (excluding diaryl/α,β-unsaturated/α-hetero) is 1. The molecule has 1 unspecified atom stereocenters. The molecule has 0 bridgehead atoms. The van der Waals surface area contributed by atoms with Crippen LogP contribution in [-0.4, -0.2) is 21.9 Å². The smallest absolute Gasteiger partial charge is 0.300 e. The van der Waals surface area contributed by atoms with E-state index in [4.69, 9.17) is 11.6 Å². The predicted octanol–water partition coefficient (Wildman–Crippen LogP) is 4.81. The van der Waals surface area contributed by atoms with Crippen molar-refractivity contribution in [2.75, 3.05) is 4.90 Å². The second-order valence-electron chi connectivity index (χ2n) is 6.75. The highest BCUT2D eigenvalue weighted by Gasteiger charge is 2.47. The summed E-state index contributed by atoms with van der Waals surface area (Å²) >= 11 is 5.90. The summed E-state index contributed by atoms with van der Waals surface area (Å²) in [5.41, 5.74) is 0.661. The first-order valence-corrected chi connectivity index (χ1v) is 9.36. The molecule has 1 atom stereocenters. The average molecular weight is 424 g/mol. The number of hydrogen-bond donors (Lipinski definition) is 2. The average Bonchev–Trinajstić information content (AvgIpc) is 2.99. The Kier molecular flexibility index (Phi) is 5.01. The molecule has 5 nitrogen and oxygen atoms in total. The number of aliphatic hydroxyl groups is 1. The van der Waals surface area contributed by atoms with Gasteiger partial charge in [0.1, 0.15) is 17.3 Å². The van der Waals surface area contributed by atoms with Crippen molar-refractivity contribution in [1.82, 2.24) is 0 Å². The standard InChI is InChI=1S/C23H15ClFNO4/c24-15-9-7-13(8-10-15)21(28)19-20(14-3-1-6-18(27)11-14)26(23(30)22(19)29)17-5-2-4-16(25)12-17/h1-12,20,27-28H/b21-19+. The first-order valence-electron chi connectivity index (χ1n) is 8.98. The van der Waals surface area contributed by atoms with E-state index in [2.05, 4.69) is 0 Å². The maximum absolute atomic E-state index is 13.9. The van der Waals surface area contributed by atoms with Gasteiger partial charge in [0.15, 0.2) is 0 Å². The summed E-state index contributed by atoms with van der Waals surface area (Å²) in [4.78, 5) is 27.0. The Morgan fingerprint density at radius 1 is 0.967 bits per heavy atom. The number of nitrogens with zero attached hydrogens (tertiary/aromatic N) is 1. The molecule has 1 heterocycles. The van der Waals surface area contributed by atoms with Crippen molar-refractivity contribution in [1.29, 1.82) is 0 Å². The third-order valence-corrected chi connectivity index (χ3v) is 5.09. The van der Waals surface area contributed by atoms with Gasteiger partial charge in [-0.05, 0) is 60.2 Å². The Labute approximate surface area is 176 Å². The fraction of sp³-hybridized carbons (Fsp3) is 0.0435. The number of aromatic hydroxyl groups is 1. The normalized spacial score (nSPS) is 18.1. The van der Waals surface area contributed by atoms with Gasteiger partial charge in [-0.1, -0.05) is 29.8 Å². The van der Waals surface area contributed by atoms with Crippen molar-refractivity contribution >= 4 is 34.7 Å². The quantitative estimate of drug-likeness (QED) is 0.360. The van der Waals surface area contributed by atoms with Gasteiger partial charge >= 0.3 is 0 Å². The van der Waals surface area contributed by atoms with E-state index in [1.54, 1.807) is 24.3 Å². The molecule has 7 heteroatoms. The summed E-state index contributed by atoms with van der Waals surface area (Å²) in [5.74, 6) is -2.88. The van der Waals surface area contributed by atoms with E-state index in [9.17, 15) is 24.2 Å². The van der Waals surface area contributed by atoms with Crippen LogP contribution in [0.1, 0.15) is 17.2 Å². The van der Waals surface area contributed by atoms with Gasteiger partial charge < -0.3 is 10.2 Å². The van der Waals surface area contributed by atoms with Crippen molar-refractivity contribution < 1.29 is 24.2 Å². The first kappa shape index (κ1) is 19.7. The molecule has 0 aromatic heterocycles. The Hall–Kier alpha value is -3.64. The lowest BCUT2D eigenvalue weighted by Gasteiger charge is -2.25. The van der Waals surface area contributed by atoms with Crippen LogP contribution in [0.5, 0.6) is 5.75 Å². The molecule has 0 saturated carbocycles. The third-order valence-electron chi connectivity index (χ3n) is 4.83. The molecule has 1 fully saturated rings. The molecule has 1 amide bonds. The lowest BCUT2D eigenvalue weighted by atomic mass is 9.95. The molecule has 1 aliphatic rings. The zero-order valence-corrected chi connectivity index (χ0v) is 16.2. The number of hydrogen-bond acceptors (Lipinski definition) is 4. The molecule has 30 heavy (non-hydrogen) atoms. The van der Waals surface area contributed by atoms with Crippen LogP contribution < -0.4 is 4.90 Å². The van der Waals surface area contributed by atoms with Crippen molar-refractivity contribution in [2.24, 2.45) is 0 Å². The van der Waals surface area contributed by atoms with Gasteiger partial charge in [-0.25, -0.2) is 4.39 Å². The van der Waals surface area contributed by atoms with Crippen LogP contribution in [-0.2, 0) is 9.59 Å². The van der Waals surface area contributed by atoms with Gasteiger partial charge in [0.05, 0.1) is 11.6 Å².